The third-order valence-electron chi connectivity index (χ3n) is 4.83. The summed E-state index contributed by atoms with van der Waals surface area (Å²) in [6.45, 7) is 0.961. The smallest absolute Gasteiger partial charge is 0.251 e. The Balaban J connectivity index is 1.56. The van der Waals surface area contributed by atoms with Crippen molar-refractivity contribution in [3.05, 3.63) is 83.7 Å². The van der Waals surface area contributed by atoms with E-state index in [1.807, 2.05) is 78.5 Å². The highest BCUT2D eigenvalue weighted by molar-refractivity contribution is 8.00. The molecular weight excluding hydrogens is 370 g/mol. The molecule has 0 aliphatic carbocycles. The summed E-state index contributed by atoms with van der Waals surface area (Å²) in [5, 5.41) is 2.95. The molecule has 2 amide bonds. The largest absolute Gasteiger partial charge is 0.353 e. The fourth-order valence-corrected chi connectivity index (χ4v) is 4.15. The van der Waals surface area contributed by atoms with Crippen LogP contribution in [0.25, 0.3) is 0 Å². The number of fused-ring (bicyclic) bond motifs is 1. The number of hydrogen-bond acceptors (Lipinski definition) is 3. The highest BCUT2D eigenvalue weighted by Gasteiger charge is 2.26. The second-order valence-electron chi connectivity index (χ2n) is 6.73. The Morgan fingerprint density at radius 3 is 2.68 bits per heavy atom. The Hall–Kier alpha value is -2.99. The summed E-state index contributed by atoms with van der Waals surface area (Å²) in [6, 6.07) is 19.4. The second-order valence-corrected chi connectivity index (χ2v) is 7.75. The van der Waals surface area contributed by atoms with Crippen molar-refractivity contribution in [2.45, 2.75) is 18.0 Å². The van der Waals surface area contributed by atoms with Crippen LogP contribution in [0.1, 0.15) is 21.6 Å². The van der Waals surface area contributed by atoms with E-state index in [-0.39, 0.29) is 11.8 Å². The number of anilines is 1. The second kappa shape index (κ2) is 7.94. The van der Waals surface area contributed by atoms with Crippen LogP contribution in [0.5, 0.6) is 0 Å². The lowest BCUT2D eigenvalue weighted by Gasteiger charge is -2.29. The summed E-state index contributed by atoms with van der Waals surface area (Å²) in [7, 11) is 1.95. The molecule has 1 N–H and O–H groups in total. The van der Waals surface area contributed by atoms with Gasteiger partial charge in [-0.2, -0.15) is 0 Å². The van der Waals surface area contributed by atoms with E-state index < -0.39 is 0 Å². The first-order valence-electron chi connectivity index (χ1n) is 9.11. The number of benzene rings is 2. The van der Waals surface area contributed by atoms with E-state index in [2.05, 4.69) is 5.32 Å². The summed E-state index contributed by atoms with van der Waals surface area (Å²) in [4.78, 5) is 28.0. The van der Waals surface area contributed by atoms with Gasteiger partial charge in [0.05, 0.1) is 24.5 Å². The van der Waals surface area contributed by atoms with Gasteiger partial charge in [-0.15, -0.1) is 11.8 Å². The molecule has 0 atom stereocenters. The highest BCUT2D eigenvalue weighted by atomic mass is 32.2. The van der Waals surface area contributed by atoms with E-state index in [1.54, 1.807) is 4.90 Å². The Bertz CT molecular complexity index is 1010. The van der Waals surface area contributed by atoms with E-state index >= 15 is 0 Å². The zero-order valence-corrected chi connectivity index (χ0v) is 16.4. The van der Waals surface area contributed by atoms with E-state index in [9.17, 15) is 9.59 Å². The number of amides is 2. The van der Waals surface area contributed by atoms with Crippen LogP contribution in [0.15, 0.2) is 71.8 Å². The minimum atomic E-state index is -0.147. The number of rotatable bonds is 5. The van der Waals surface area contributed by atoms with Crippen molar-refractivity contribution in [2.24, 2.45) is 7.05 Å². The fraction of sp³-hybridized carbons (Fsp3) is 0.182. The number of carbonyl (C=O) groups excluding carboxylic acids is 2. The zero-order chi connectivity index (χ0) is 19.5. The number of thioether (sulfide) groups is 1. The van der Waals surface area contributed by atoms with Gasteiger partial charge < -0.3 is 14.8 Å². The molecule has 4 rings (SSSR count). The molecule has 3 aromatic rings. The van der Waals surface area contributed by atoms with Crippen LogP contribution in [-0.2, 0) is 24.9 Å². The molecule has 1 aliphatic heterocycles. The number of aromatic nitrogens is 1. The molecule has 0 saturated heterocycles. The average Bonchev–Trinajstić information content (AvgIpc) is 3.13. The topological polar surface area (TPSA) is 54.3 Å². The lowest BCUT2D eigenvalue weighted by atomic mass is 10.1. The SMILES string of the molecule is Cn1cccc1CNC(=O)c1ccc2c(c1)N(Cc1ccccc1)C(=O)CS2. The molecule has 142 valence electrons. The van der Waals surface area contributed by atoms with Crippen LogP contribution in [0.4, 0.5) is 5.69 Å². The molecule has 28 heavy (non-hydrogen) atoms. The summed E-state index contributed by atoms with van der Waals surface area (Å²) < 4.78 is 1.98. The first-order valence-corrected chi connectivity index (χ1v) is 10.1. The maximum absolute atomic E-state index is 12.7. The van der Waals surface area contributed by atoms with Crippen LogP contribution in [0.3, 0.4) is 0 Å². The summed E-state index contributed by atoms with van der Waals surface area (Å²) >= 11 is 1.52. The molecule has 5 nitrogen and oxygen atoms in total. The fourth-order valence-electron chi connectivity index (χ4n) is 3.24. The molecule has 2 heterocycles. The monoisotopic (exact) mass is 391 g/mol. The molecule has 1 aliphatic rings. The van der Waals surface area contributed by atoms with E-state index in [1.165, 1.54) is 11.8 Å². The van der Waals surface area contributed by atoms with Crippen molar-refractivity contribution in [3.63, 3.8) is 0 Å². The first-order chi connectivity index (χ1) is 13.6. The standard InChI is InChI=1S/C22H21N3O2S/c1-24-11-5-8-18(24)13-23-22(27)17-9-10-20-19(12-17)25(21(26)15-28-20)14-16-6-3-2-4-7-16/h2-12H,13-15H2,1H3,(H,23,27). The average molecular weight is 391 g/mol. The van der Waals surface area contributed by atoms with Gasteiger partial charge in [-0.05, 0) is 35.9 Å². The molecule has 0 bridgehead atoms. The van der Waals surface area contributed by atoms with Gasteiger partial charge in [0.15, 0.2) is 0 Å². The van der Waals surface area contributed by atoms with Crippen LogP contribution >= 0.6 is 11.8 Å². The van der Waals surface area contributed by atoms with Crippen LogP contribution in [0, 0.1) is 0 Å². The third kappa shape index (κ3) is 3.82. The lowest BCUT2D eigenvalue weighted by Crippen LogP contribution is -2.35. The van der Waals surface area contributed by atoms with Gasteiger partial charge in [-0.25, -0.2) is 0 Å². The number of hydrogen-bond donors (Lipinski definition) is 1. The maximum Gasteiger partial charge on any atom is 0.251 e. The molecule has 0 spiro atoms. The van der Waals surface area contributed by atoms with Gasteiger partial charge in [0.2, 0.25) is 5.91 Å². The normalized spacial score (nSPS) is 13.3. The van der Waals surface area contributed by atoms with Crippen molar-refractivity contribution in [2.75, 3.05) is 10.7 Å². The Labute approximate surface area is 168 Å². The van der Waals surface area contributed by atoms with Gasteiger partial charge in [0, 0.05) is 29.4 Å². The number of carbonyl (C=O) groups is 2. The van der Waals surface area contributed by atoms with Crippen LogP contribution in [0.2, 0.25) is 0 Å². The maximum atomic E-state index is 12.7. The Morgan fingerprint density at radius 1 is 1.11 bits per heavy atom. The summed E-state index contributed by atoms with van der Waals surface area (Å²) in [5.41, 5.74) is 3.45. The molecule has 6 heteroatoms. The van der Waals surface area contributed by atoms with Gasteiger partial charge >= 0.3 is 0 Å². The Kier molecular flexibility index (Phi) is 5.21. The van der Waals surface area contributed by atoms with Crippen molar-refractivity contribution in [3.8, 4) is 0 Å². The third-order valence-corrected chi connectivity index (χ3v) is 5.88. The number of aryl methyl sites for hydroxylation is 1. The van der Waals surface area contributed by atoms with Gasteiger partial charge in [-0.3, -0.25) is 9.59 Å². The minimum absolute atomic E-state index is 0.0581. The number of nitrogens with zero attached hydrogens (tertiary/aromatic N) is 2. The summed E-state index contributed by atoms with van der Waals surface area (Å²) in [5.74, 6) is 0.327. The highest BCUT2D eigenvalue weighted by Crippen LogP contribution is 2.36. The number of nitrogens with one attached hydrogen (secondary N) is 1. The predicted molar refractivity (Wildman–Crippen MR) is 111 cm³/mol. The van der Waals surface area contributed by atoms with Gasteiger partial charge in [0.25, 0.3) is 5.91 Å². The van der Waals surface area contributed by atoms with Crippen LogP contribution in [-0.4, -0.2) is 22.1 Å². The molecule has 1 aromatic heterocycles. The lowest BCUT2D eigenvalue weighted by molar-refractivity contribution is -0.116. The molecule has 2 aromatic carbocycles. The van der Waals surface area contributed by atoms with E-state index in [0.29, 0.717) is 24.4 Å². The molecular formula is C22H21N3O2S. The van der Waals surface area contributed by atoms with Gasteiger partial charge in [-0.1, -0.05) is 30.3 Å². The summed E-state index contributed by atoms with van der Waals surface area (Å²) in [6.07, 6.45) is 1.95. The van der Waals surface area contributed by atoms with Gasteiger partial charge in [0.1, 0.15) is 0 Å². The first kappa shape index (κ1) is 18.4. The zero-order valence-electron chi connectivity index (χ0n) is 15.6. The van der Waals surface area contributed by atoms with Crippen molar-refractivity contribution in [1.29, 1.82) is 0 Å². The predicted octanol–water partition coefficient (Wildman–Crippen LogP) is 3.59. The van der Waals surface area contributed by atoms with Crippen molar-refractivity contribution >= 4 is 29.3 Å². The molecule has 0 unspecified atom stereocenters. The van der Waals surface area contributed by atoms with Crippen molar-refractivity contribution in [1.82, 2.24) is 9.88 Å². The molecule has 0 radical (unpaired) electrons. The van der Waals surface area contributed by atoms with Crippen molar-refractivity contribution < 1.29 is 9.59 Å². The van der Waals surface area contributed by atoms with E-state index in [0.717, 1.165) is 21.8 Å². The Morgan fingerprint density at radius 2 is 1.93 bits per heavy atom. The van der Waals surface area contributed by atoms with E-state index in [4.69, 9.17) is 0 Å². The quantitative estimate of drug-likeness (QED) is 0.723. The molecule has 0 fully saturated rings. The molecule has 0 saturated carbocycles. The van der Waals surface area contributed by atoms with Crippen LogP contribution < -0.4 is 10.2 Å². The minimum Gasteiger partial charge on any atom is -0.353 e.